The summed E-state index contributed by atoms with van der Waals surface area (Å²) >= 11 is 1.51. The van der Waals surface area contributed by atoms with Crippen LogP contribution in [-0.2, 0) is 9.53 Å². The number of carbonyl (C=O) groups is 2. The van der Waals surface area contributed by atoms with Crippen molar-refractivity contribution in [2.24, 2.45) is 0 Å². The predicted molar refractivity (Wildman–Crippen MR) is 132 cm³/mol. The largest absolute Gasteiger partial charge is 0.493 e. The van der Waals surface area contributed by atoms with E-state index in [2.05, 4.69) is 10.4 Å². The number of anilines is 1. The summed E-state index contributed by atoms with van der Waals surface area (Å²) in [6.45, 7) is -0.496. The highest BCUT2D eigenvalue weighted by Gasteiger charge is 2.21. The van der Waals surface area contributed by atoms with E-state index in [9.17, 15) is 9.59 Å². The van der Waals surface area contributed by atoms with Crippen LogP contribution in [-0.4, -0.2) is 49.6 Å². The monoisotopic (exact) mass is 493 g/mol. The Morgan fingerprint density at radius 3 is 2.26 bits per heavy atom. The SMILES string of the molecule is COc1cc(NC(=O)COC(=O)c2cc(-c3cccs3)nn2-c2ccccc2)cc(OC)c1OC. The zero-order valence-corrected chi connectivity index (χ0v) is 20.1. The Morgan fingerprint density at radius 2 is 1.66 bits per heavy atom. The van der Waals surface area contributed by atoms with Crippen LogP contribution >= 0.6 is 11.3 Å². The molecule has 0 aliphatic heterocycles. The Hall–Kier alpha value is -4.31. The first-order valence-corrected chi connectivity index (χ1v) is 11.4. The van der Waals surface area contributed by atoms with E-state index in [1.807, 2.05) is 47.8 Å². The lowest BCUT2D eigenvalue weighted by Gasteiger charge is -2.14. The minimum absolute atomic E-state index is 0.209. The fourth-order valence-electron chi connectivity index (χ4n) is 3.39. The van der Waals surface area contributed by atoms with Gasteiger partial charge in [-0.25, -0.2) is 9.48 Å². The number of rotatable bonds is 9. The molecule has 0 unspecified atom stereocenters. The molecule has 4 aromatic rings. The molecular formula is C25H23N3O6S. The van der Waals surface area contributed by atoms with Gasteiger partial charge in [0.1, 0.15) is 5.69 Å². The van der Waals surface area contributed by atoms with Gasteiger partial charge in [-0.2, -0.15) is 5.10 Å². The molecule has 2 aromatic carbocycles. The number of amides is 1. The van der Waals surface area contributed by atoms with Crippen LogP contribution in [0.5, 0.6) is 17.2 Å². The molecule has 0 atom stereocenters. The molecule has 1 N–H and O–H groups in total. The van der Waals surface area contributed by atoms with Crippen LogP contribution < -0.4 is 19.5 Å². The van der Waals surface area contributed by atoms with Crippen molar-refractivity contribution in [1.82, 2.24) is 9.78 Å². The van der Waals surface area contributed by atoms with Crippen LogP contribution in [0.2, 0.25) is 0 Å². The van der Waals surface area contributed by atoms with E-state index < -0.39 is 18.5 Å². The maximum Gasteiger partial charge on any atom is 0.357 e. The first-order valence-electron chi connectivity index (χ1n) is 10.5. The number of ether oxygens (including phenoxy) is 4. The number of aromatic nitrogens is 2. The molecule has 4 rings (SSSR count). The normalized spacial score (nSPS) is 10.5. The fourth-order valence-corrected chi connectivity index (χ4v) is 4.07. The highest BCUT2D eigenvalue weighted by Crippen LogP contribution is 2.39. The molecule has 35 heavy (non-hydrogen) atoms. The Morgan fingerprint density at radius 1 is 0.943 bits per heavy atom. The maximum absolute atomic E-state index is 12.9. The van der Waals surface area contributed by atoms with Crippen LogP contribution in [0.25, 0.3) is 16.3 Å². The number of nitrogens with one attached hydrogen (secondary N) is 1. The van der Waals surface area contributed by atoms with E-state index in [4.69, 9.17) is 18.9 Å². The molecule has 10 heteroatoms. The van der Waals surface area contributed by atoms with Gasteiger partial charge in [0.05, 0.1) is 31.9 Å². The van der Waals surface area contributed by atoms with Crippen molar-refractivity contribution in [1.29, 1.82) is 0 Å². The molecule has 0 saturated carbocycles. The molecule has 9 nitrogen and oxygen atoms in total. The average molecular weight is 494 g/mol. The molecule has 1 amide bonds. The Balaban J connectivity index is 1.50. The summed E-state index contributed by atoms with van der Waals surface area (Å²) in [6.07, 6.45) is 0. The van der Waals surface area contributed by atoms with Crippen molar-refractivity contribution in [3.05, 3.63) is 71.7 Å². The highest BCUT2D eigenvalue weighted by molar-refractivity contribution is 7.13. The first kappa shape index (κ1) is 23.8. The van der Waals surface area contributed by atoms with Gasteiger partial charge in [0, 0.05) is 23.9 Å². The zero-order chi connectivity index (χ0) is 24.8. The number of nitrogens with zero attached hydrogens (tertiary/aromatic N) is 2. The summed E-state index contributed by atoms with van der Waals surface area (Å²) in [7, 11) is 4.44. The standard InChI is InChI=1S/C25H23N3O6S/c1-31-20-12-16(13-21(32-2)24(20)33-3)26-23(29)15-34-25(30)19-14-18(22-10-7-11-35-22)27-28(19)17-8-5-4-6-9-17/h4-14H,15H2,1-3H3,(H,26,29). The number of para-hydroxylation sites is 1. The fraction of sp³-hybridized carbons (Fsp3) is 0.160. The molecule has 0 bridgehead atoms. The van der Waals surface area contributed by atoms with E-state index in [-0.39, 0.29) is 5.69 Å². The number of methoxy groups -OCH3 is 3. The topological polar surface area (TPSA) is 101 Å². The summed E-state index contributed by atoms with van der Waals surface area (Å²) < 4.78 is 22.7. The van der Waals surface area contributed by atoms with Gasteiger partial charge in [0.2, 0.25) is 5.75 Å². The molecule has 0 aliphatic rings. The molecule has 2 aromatic heterocycles. The second-order valence-electron chi connectivity index (χ2n) is 7.18. The van der Waals surface area contributed by atoms with Gasteiger partial charge in [-0.1, -0.05) is 24.3 Å². The van der Waals surface area contributed by atoms with E-state index in [1.54, 1.807) is 18.2 Å². The minimum Gasteiger partial charge on any atom is -0.493 e. The lowest BCUT2D eigenvalue weighted by molar-refractivity contribution is -0.119. The van der Waals surface area contributed by atoms with Crippen LogP contribution in [0, 0.1) is 0 Å². The highest BCUT2D eigenvalue weighted by atomic mass is 32.1. The molecule has 180 valence electrons. The smallest absolute Gasteiger partial charge is 0.357 e. The van der Waals surface area contributed by atoms with Crippen molar-refractivity contribution in [3.63, 3.8) is 0 Å². The molecule has 2 heterocycles. The van der Waals surface area contributed by atoms with Crippen LogP contribution in [0.3, 0.4) is 0 Å². The quantitative estimate of drug-likeness (QED) is 0.345. The summed E-state index contributed by atoms with van der Waals surface area (Å²) in [6, 6.07) is 17.9. The van der Waals surface area contributed by atoms with Gasteiger partial charge in [-0.15, -0.1) is 11.3 Å². The number of esters is 1. The van der Waals surface area contributed by atoms with E-state index >= 15 is 0 Å². The average Bonchev–Trinajstić information content (AvgIpc) is 3.57. The molecular weight excluding hydrogens is 470 g/mol. The number of hydrogen-bond donors (Lipinski definition) is 1. The summed E-state index contributed by atoms with van der Waals surface area (Å²) in [5, 5.41) is 9.18. The maximum atomic E-state index is 12.9. The van der Waals surface area contributed by atoms with Crippen LogP contribution in [0.4, 0.5) is 5.69 Å². The predicted octanol–water partition coefficient (Wildman–Crippen LogP) is 4.42. The van der Waals surface area contributed by atoms with Crippen LogP contribution in [0.1, 0.15) is 10.5 Å². The van der Waals surface area contributed by atoms with Gasteiger partial charge >= 0.3 is 5.97 Å². The zero-order valence-electron chi connectivity index (χ0n) is 19.3. The van der Waals surface area contributed by atoms with Crippen molar-refractivity contribution < 1.29 is 28.5 Å². The summed E-state index contributed by atoms with van der Waals surface area (Å²) in [4.78, 5) is 26.4. The lowest BCUT2D eigenvalue weighted by Crippen LogP contribution is -2.22. The summed E-state index contributed by atoms with van der Waals surface area (Å²) in [5.41, 5.74) is 1.94. The third-order valence-electron chi connectivity index (χ3n) is 4.98. The Kier molecular flexibility index (Phi) is 7.32. The Bertz CT molecular complexity index is 1290. The first-order chi connectivity index (χ1) is 17.0. The third-order valence-corrected chi connectivity index (χ3v) is 5.87. The number of carbonyl (C=O) groups excluding carboxylic acids is 2. The van der Waals surface area contributed by atoms with E-state index in [1.165, 1.54) is 37.3 Å². The molecule has 0 fully saturated rings. The number of hydrogen-bond acceptors (Lipinski definition) is 8. The van der Waals surface area contributed by atoms with Gasteiger partial charge in [-0.3, -0.25) is 4.79 Å². The molecule has 0 spiro atoms. The van der Waals surface area contributed by atoms with Crippen LogP contribution in [0.15, 0.2) is 66.0 Å². The molecule has 0 saturated heterocycles. The van der Waals surface area contributed by atoms with Crippen molar-refractivity contribution in [3.8, 4) is 33.5 Å². The van der Waals surface area contributed by atoms with Crippen molar-refractivity contribution in [2.75, 3.05) is 33.3 Å². The second-order valence-corrected chi connectivity index (χ2v) is 8.13. The molecule has 0 radical (unpaired) electrons. The summed E-state index contributed by atoms with van der Waals surface area (Å²) in [5.74, 6) is -0.0461. The van der Waals surface area contributed by atoms with Crippen molar-refractivity contribution in [2.45, 2.75) is 0 Å². The lowest BCUT2D eigenvalue weighted by atomic mass is 10.2. The number of thiophene rings is 1. The third kappa shape index (κ3) is 5.28. The van der Waals surface area contributed by atoms with Crippen molar-refractivity contribution >= 4 is 28.9 Å². The van der Waals surface area contributed by atoms with E-state index in [0.29, 0.717) is 34.3 Å². The van der Waals surface area contributed by atoms with Gasteiger partial charge in [-0.05, 0) is 23.6 Å². The van der Waals surface area contributed by atoms with Gasteiger partial charge < -0.3 is 24.3 Å². The molecule has 0 aliphatic carbocycles. The number of benzene rings is 2. The van der Waals surface area contributed by atoms with Gasteiger partial charge in [0.25, 0.3) is 5.91 Å². The second kappa shape index (κ2) is 10.7. The van der Waals surface area contributed by atoms with Gasteiger partial charge in [0.15, 0.2) is 23.8 Å². The minimum atomic E-state index is -0.677. The Labute approximate surface area is 205 Å². The van der Waals surface area contributed by atoms with E-state index in [0.717, 1.165) is 4.88 Å².